The van der Waals surface area contributed by atoms with Gasteiger partial charge in [0.2, 0.25) is 0 Å². The molecule has 1 aromatic carbocycles. The lowest BCUT2D eigenvalue weighted by atomic mass is 9.98. The Kier molecular flexibility index (Phi) is 5.12. The fraction of sp³-hybridized carbons (Fsp3) is 0.400. The maximum atomic E-state index is 12.4. The van der Waals surface area contributed by atoms with Crippen LogP contribution in [0.1, 0.15) is 37.0 Å². The highest BCUT2D eigenvalue weighted by Crippen LogP contribution is 2.31. The van der Waals surface area contributed by atoms with Gasteiger partial charge in [0.15, 0.2) is 5.82 Å². The SMILES string of the molecule is CCOC(=O)C(c1ccccc1Br)c1nnc(C)n1CC. The highest BCUT2D eigenvalue weighted by Gasteiger charge is 2.31. The van der Waals surface area contributed by atoms with E-state index in [0.29, 0.717) is 19.0 Å². The molecule has 1 unspecified atom stereocenters. The Balaban J connectivity index is 2.56. The topological polar surface area (TPSA) is 57.0 Å². The first kappa shape index (κ1) is 15.7. The van der Waals surface area contributed by atoms with E-state index in [1.54, 1.807) is 6.92 Å². The number of hydrogen-bond donors (Lipinski definition) is 0. The standard InChI is InChI=1S/C15H18BrN3O2/c1-4-19-10(3)17-18-14(19)13(15(20)21-5-2)11-8-6-7-9-12(11)16/h6-9,13H,4-5H2,1-3H3. The Morgan fingerprint density at radius 3 is 2.67 bits per heavy atom. The maximum Gasteiger partial charge on any atom is 0.321 e. The van der Waals surface area contributed by atoms with Crippen molar-refractivity contribution in [1.82, 2.24) is 14.8 Å². The molecule has 1 heterocycles. The molecule has 0 N–H and O–H groups in total. The molecule has 0 radical (unpaired) electrons. The lowest BCUT2D eigenvalue weighted by Crippen LogP contribution is -2.22. The second kappa shape index (κ2) is 6.85. The number of carbonyl (C=O) groups excluding carboxylic acids is 1. The Hall–Kier alpha value is -1.69. The smallest absolute Gasteiger partial charge is 0.321 e. The second-order valence-electron chi connectivity index (χ2n) is 4.56. The molecule has 0 fully saturated rings. The fourth-order valence-corrected chi connectivity index (χ4v) is 2.82. The average Bonchev–Trinajstić information content (AvgIpc) is 2.82. The molecule has 0 aliphatic carbocycles. The van der Waals surface area contributed by atoms with E-state index < -0.39 is 5.92 Å². The van der Waals surface area contributed by atoms with Gasteiger partial charge in [-0.15, -0.1) is 10.2 Å². The van der Waals surface area contributed by atoms with Gasteiger partial charge in [-0.2, -0.15) is 0 Å². The second-order valence-corrected chi connectivity index (χ2v) is 5.41. The molecular weight excluding hydrogens is 334 g/mol. The van der Waals surface area contributed by atoms with Gasteiger partial charge >= 0.3 is 5.97 Å². The van der Waals surface area contributed by atoms with Crippen LogP contribution in [0.3, 0.4) is 0 Å². The predicted octanol–water partition coefficient (Wildman–Crippen LogP) is 3.06. The summed E-state index contributed by atoms with van der Waals surface area (Å²) in [5.74, 6) is 0.502. The van der Waals surface area contributed by atoms with Gasteiger partial charge in [-0.3, -0.25) is 4.79 Å². The van der Waals surface area contributed by atoms with Crippen LogP contribution in [0.25, 0.3) is 0 Å². The van der Waals surface area contributed by atoms with Gasteiger partial charge in [-0.1, -0.05) is 34.1 Å². The largest absolute Gasteiger partial charge is 0.465 e. The lowest BCUT2D eigenvalue weighted by molar-refractivity contribution is -0.144. The lowest BCUT2D eigenvalue weighted by Gasteiger charge is -2.17. The molecule has 0 aliphatic heterocycles. The molecule has 0 saturated heterocycles. The van der Waals surface area contributed by atoms with Gasteiger partial charge in [0.1, 0.15) is 11.7 Å². The average molecular weight is 352 g/mol. The van der Waals surface area contributed by atoms with Gasteiger partial charge < -0.3 is 9.30 Å². The summed E-state index contributed by atoms with van der Waals surface area (Å²) >= 11 is 3.50. The predicted molar refractivity (Wildman–Crippen MR) is 83.1 cm³/mol. The third-order valence-corrected chi connectivity index (χ3v) is 4.00. The molecule has 112 valence electrons. The summed E-state index contributed by atoms with van der Waals surface area (Å²) in [7, 11) is 0. The van der Waals surface area contributed by atoms with Crippen LogP contribution in [0.4, 0.5) is 0 Å². The number of ether oxygens (including phenoxy) is 1. The van der Waals surface area contributed by atoms with Crippen molar-refractivity contribution in [3.8, 4) is 0 Å². The number of benzene rings is 1. The summed E-state index contributed by atoms with van der Waals surface area (Å²) in [5, 5.41) is 8.29. The zero-order valence-corrected chi connectivity index (χ0v) is 13.9. The molecule has 1 atom stereocenters. The minimum absolute atomic E-state index is 0.313. The van der Waals surface area contributed by atoms with Crippen molar-refractivity contribution < 1.29 is 9.53 Å². The van der Waals surface area contributed by atoms with Gasteiger partial charge in [0.05, 0.1) is 6.61 Å². The summed E-state index contributed by atoms with van der Waals surface area (Å²) in [6, 6.07) is 7.61. The van der Waals surface area contributed by atoms with E-state index in [-0.39, 0.29) is 5.97 Å². The first-order chi connectivity index (χ1) is 10.1. The van der Waals surface area contributed by atoms with Gasteiger partial charge in [-0.25, -0.2) is 0 Å². The Morgan fingerprint density at radius 1 is 1.33 bits per heavy atom. The van der Waals surface area contributed by atoms with Crippen LogP contribution in [-0.2, 0) is 16.1 Å². The van der Waals surface area contributed by atoms with E-state index >= 15 is 0 Å². The summed E-state index contributed by atoms with van der Waals surface area (Å²) in [6.07, 6.45) is 0. The number of rotatable bonds is 5. The van der Waals surface area contributed by atoms with E-state index in [1.807, 2.05) is 42.7 Å². The molecule has 0 saturated carbocycles. The number of halogens is 1. The van der Waals surface area contributed by atoms with E-state index in [1.165, 1.54) is 0 Å². The molecule has 5 nitrogen and oxygen atoms in total. The zero-order valence-electron chi connectivity index (χ0n) is 12.3. The van der Waals surface area contributed by atoms with E-state index in [9.17, 15) is 4.79 Å². The highest BCUT2D eigenvalue weighted by molar-refractivity contribution is 9.10. The monoisotopic (exact) mass is 351 g/mol. The van der Waals surface area contributed by atoms with Gasteiger partial charge in [-0.05, 0) is 32.4 Å². The molecule has 0 bridgehead atoms. The molecule has 0 aliphatic rings. The molecule has 6 heteroatoms. The van der Waals surface area contributed by atoms with Crippen LogP contribution in [0.2, 0.25) is 0 Å². The summed E-state index contributed by atoms with van der Waals surface area (Å²) in [4.78, 5) is 12.4. The summed E-state index contributed by atoms with van der Waals surface area (Å²) < 4.78 is 8.02. The van der Waals surface area contributed by atoms with Crippen molar-refractivity contribution in [3.05, 3.63) is 46.0 Å². The molecule has 0 spiro atoms. The van der Waals surface area contributed by atoms with Crippen LogP contribution in [0.15, 0.2) is 28.7 Å². The molecule has 2 aromatic rings. The van der Waals surface area contributed by atoms with Crippen molar-refractivity contribution in [1.29, 1.82) is 0 Å². The Morgan fingerprint density at radius 2 is 2.05 bits per heavy atom. The highest BCUT2D eigenvalue weighted by atomic mass is 79.9. The number of esters is 1. The van der Waals surface area contributed by atoms with E-state index in [4.69, 9.17) is 4.74 Å². The van der Waals surface area contributed by atoms with Crippen molar-refractivity contribution in [2.75, 3.05) is 6.61 Å². The van der Waals surface area contributed by atoms with Crippen molar-refractivity contribution in [2.45, 2.75) is 33.2 Å². The van der Waals surface area contributed by atoms with Crippen LogP contribution in [0, 0.1) is 6.92 Å². The van der Waals surface area contributed by atoms with Crippen molar-refractivity contribution in [2.24, 2.45) is 0 Å². The van der Waals surface area contributed by atoms with Crippen molar-refractivity contribution in [3.63, 3.8) is 0 Å². The van der Waals surface area contributed by atoms with Gasteiger partial charge in [0, 0.05) is 11.0 Å². The normalized spacial score (nSPS) is 12.2. The number of nitrogens with zero attached hydrogens (tertiary/aromatic N) is 3. The first-order valence-corrected chi connectivity index (χ1v) is 7.70. The Labute approximate surface area is 132 Å². The first-order valence-electron chi connectivity index (χ1n) is 6.90. The van der Waals surface area contributed by atoms with E-state index in [2.05, 4.69) is 26.1 Å². The van der Waals surface area contributed by atoms with E-state index in [0.717, 1.165) is 15.9 Å². The number of hydrogen-bond acceptors (Lipinski definition) is 4. The molecule has 21 heavy (non-hydrogen) atoms. The third-order valence-electron chi connectivity index (χ3n) is 3.28. The summed E-state index contributed by atoms with van der Waals surface area (Å²) in [5.41, 5.74) is 0.832. The maximum absolute atomic E-state index is 12.4. The summed E-state index contributed by atoms with van der Waals surface area (Å²) in [6.45, 7) is 6.71. The van der Waals surface area contributed by atoms with Crippen LogP contribution < -0.4 is 0 Å². The molecule has 1 aromatic heterocycles. The molecule has 0 amide bonds. The quantitative estimate of drug-likeness (QED) is 0.776. The fourth-order valence-electron chi connectivity index (χ4n) is 2.31. The van der Waals surface area contributed by atoms with Gasteiger partial charge in [0.25, 0.3) is 0 Å². The number of carbonyl (C=O) groups is 1. The van der Waals surface area contributed by atoms with Crippen LogP contribution >= 0.6 is 15.9 Å². The molecular formula is C15H18BrN3O2. The number of aryl methyl sites for hydroxylation is 1. The minimum Gasteiger partial charge on any atom is -0.465 e. The third kappa shape index (κ3) is 3.15. The Bertz CT molecular complexity index is 640. The minimum atomic E-state index is -0.582. The van der Waals surface area contributed by atoms with Crippen LogP contribution in [0.5, 0.6) is 0 Å². The molecule has 2 rings (SSSR count). The zero-order chi connectivity index (χ0) is 15.4. The number of aromatic nitrogens is 3. The van der Waals surface area contributed by atoms with Crippen molar-refractivity contribution >= 4 is 21.9 Å². The van der Waals surface area contributed by atoms with Crippen LogP contribution in [-0.4, -0.2) is 27.3 Å².